The Balaban J connectivity index is 1.11. The summed E-state index contributed by atoms with van der Waals surface area (Å²) in [6.07, 6.45) is 4.77. The van der Waals surface area contributed by atoms with Gasteiger partial charge in [0.1, 0.15) is 5.82 Å². The van der Waals surface area contributed by atoms with Crippen molar-refractivity contribution in [2.24, 2.45) is 0 Å². The van der Waals surface area contributed by atoms with Crippen LogP contribution in [0.15, 0.2) is 152 Å². The van der Waals surface area contributed by atoms with Crippen molar-refractivity contribution < 1.29 is 0 Å². The molecule has 51 heavy (non-hydrogen) atoms. The second kappa shape index (κ2) is 10.7. The number of imidazole rings is 1. The molecule has 0 aliphatic rings. The first-order valence-corrected chi connectivity index (χ1v) is 17.6. The van der Waals surface area contributed by atoms with Crippen molar-refractivity contribution in [1.29, 1.82) is 0 Å². The standard InChI is InChI=1S/C47H30N4/c1-2-42-50-40-25-32(21-22-41(40)51(42)35-12-4-3-5-13-35)47-48-26-34(27-49-47)33-23-31-20-19-30-10-7-15-37-36-14-6-9-28-17-18-29-11-8-16-38(45(29)43(28)36)39(24-33)46(31)44(30)37/h3-27H,2H2,1H3. The quantitative estimate of drug-likeness (QED) is 0.178. The SMILES string of the molecule is CCc1nc2cc(-c3ncc(-c4cc5ccc6cccc7c8cccc9ccc%10cccc(c(c4)c5c67)c%10c98)cn3)ccc2n1-c1ccccc1. The minimum atomic E-state index is 0.687. The smallest absolute Gasteiger partial charge is 0.159 e. The van der Waals surface area contributed by atoms with E-state index in [0.717, 1.165) is 45.7 Å². The molecule has 0 radical (unpaired) electrons. The summed E-state index contributed by atoms with van der Waals surface area (Å²) >= 11 is 0. The predicted octanol–water partition coefficient (Wildman–Crippen LogP) is 12.1. The zero-order valence-electron chi connectivity index (χ0n) is 27.9. The number of aromatic nitrogens is 4. The maximum absolute atomic E-state index is 5.00. The van der Waals surface area contributed by atoms with Crippen LogP contribution in [0.2, 0.25) is 0 Å². The van der Waals surface area contributed by atoms with Gasteiger partial charge in [-0.1, -0.05) is 104 Å². The Morgan fingerprint density at radius 1 is 0.471 bits per heavy atom. The van der Waals surface area contributed by atoms with Crippen molar-refractivity contribution >= 4 is 75.7 Å². The van der Waals surface area contributed by atoms with Gasteiger partial charge >= 0.3 is 0 Å². The minimum Gasteiger partial charge on any atom is -0.296 e. The van der Waals surface area contributed by atoms with Gasteiger partial charge < -0.3 is 0 Å². The van der Waals surface area contributed by atoms with Gasteiger partial charge in [0.05, 0.1) is 11.0 Å². The number of hydrogen-bond donors (Lipinski definition) is 0. The third kappa shape index (κ3) is 4.11. The number of benzene rings is 8. The topological polar surface area (TPSA) is 43.6 Å². The second-order valence-corrected chi connectivity index (χ2v) is 13.5. The fraction of sp³-hybridized carbons (Fsp3) is 0.0426. The van der Waals surface area contributed by atoms with Crippen LogP contribution in [-0.4, -0.2) is 19.5 Å². The van der Waals surface area contributed by atoms with Crippen LogP contribution in [-0.2, 0) is 6.42 Å². The van der Waals surface area contributed by atoms with Gasteiger partial charge in [-0.05, 0) is 113 Å². The summed E-state index contributed by atoms with van der Waals surface area (Å²) < 4.78 is 2.24. The number of nitrogens with zero attached hydrogens (tertiary/aromatic N) is 4. The molecule has 0 spiro atoms. The Bertz CT molecular complexity index is 3150. The van der Waals surface area contributed by atoms with E-state index in [1.807, 2.05) is 18.5 Å². The van der Waals surface area contributed by atoms with E-state index >= 15 is 0 Å². The molecule has 4 heteroatoms. The molecule has 238 valence electrons. The molecule has 0 saturated carbocycles. The lowest BCUT2D eigenvalue weighted by Gasteiger charge is -2.17. The first kappa shape index (κ1) is 28.2. The first-order chi connectivity index (χ1) is 25.2. The summed E-state index contributed by atoms with van der Waals surface area (Å²) in [5.41, 5.74) is 6.18. The van der Waals surface area contributed by atoms with Crippen LogP contribution in [0.4, 0.5) is 0 Å². The van der Waals surface area contributed by atoms with E-state index in [1.54, 1.807) is 0 Å². The monoisotopic (exact) mass is 650 g/mol. The molecule has 0 N–H and O–H groups in total. The van der Waals surface area contributed by atoms with Gasteiger partial charge in [0.15, 0.2) is 5.82 Å². The van der Waals surface area contributed by atoms with Crippen molar-refractivity contribution in [2.75, 3.05) is 0 Å². The molecular formula is C47H30N4. The van der Waals surface area contributed by atoms with Gasteiger partial charge in [-0.3, -0.25) is 4.57 Å². The maximum atomic E-state index is 5.00. The van der Waals surface area contributed by atoms with Crippen molar-refractivity contribution in [3.8, 4) is 28.2 Å². The maximum Gasteiger partial charge on any atom is 0.159 e. The highest BCUT2D eigenvalue weighted by molar-refractivity contribution is 6.37. The lowest BCUT2D eigenvalue weighted by molar-refractivity contribution is 0.908. The number of fused-ring (bicyclic) bond motifs is 3. The van der Waals surface area contributed by atoms with Gasteiger partial charge in [0.2, 0.25) is 0 Å². The van der Waals surface area contributed by atoms with E-state index in [0.29, 0.717) is 5.82 Å². The van der Waals surface area contributed by atoms with Crippen LogP contribution < -0.4 is 0 Å². The van der Waals surface area contributed by atoms with E-state index in [1.165, 1.54) is 64.6 Å². The molecule has 9 aromatic carbocycles. The molecule has 0 unspecified atom stereocenters. The summed E-state index contributed by atoms with van der Waals surface area (Å²) in [5, 5.41) is 15.3. The number of hydrogen-bond acceptors (Lipinski definition) is 3. The average Bonchev–Trinajstić information content (AvgIpc) is 3.57. The summed E-state index contributed by atoms with van der Waals surface area (Å²) in [4.78, 5) is 14.8. The first-order valence-electron chi connectivity index (χ1n) is 17.6. The fourth-order valence-electron chi connectivity index (χ4n) is 8.45. The highest BCUT2D eigenvalue weighted by Gasteiger charge is 2.17. The van der Waals surface area contributed by atoms with Crippen molar-refractivity contribution in [3.05, 3.63) is 158 Å². The lowest BCUT2D eigenvalue weighted by Crippen LogP contribution is -1.99. The summed E-state index contributed by atoms with van der Waals surface area (Å²) in [6, 6.07) is 50.7. The highest BCUT2D eigenvalue weighted by Crippen LogP contribution is 2.44. The third-order valence-electron chi connectivity index (χ3n) is 10.7. The largest absolute Gasteiger partial charge is 0.296 e. The van der Waals surface area contributed by atoms with Gasteiger partial charge in [0.25, 0.3) is 0 Å². The van der Waals surface area contributed by atoms with E-state index in [9.17, 15) is 0 Å². The Hall–Kier alpha value is -6.65. The zero-order valence-corrected chi connectivity index (χ0v) is 27.9. The van der Waals surface area contributed by atoms with Crippen LogP contribution in [0, 0.1) is 0 Å². The summed E-state index contributed by atoms with van der Waals surface area (Å²) in [5.74, 6) is 1.72. The number of rotatable bonds is 4. The molecule has 0 fully saturated rings. The molecule has 0 bridgehead atoms. The molecule has 0 amide bonds. The molecule has 0 saturated heterocycles. The van der Waals surface area contributed by atoms with Gasteiger partial charge in [-0.15, -0.1) is 0 Å². The molecule has 2 heterocycles. The number of para-hydroxylation sites is 1. The van der Waals surface area contributed by atoms with Gasteiger partial charge in [-0.25, -0.2) is 15.0 Å². The van der Waals surface area contributed by atoms with Crippen LogP contribution in [0.25, 0.3) is 104 Å². The molecule has 2 aromatic heterocycles. The molecule has 0 aliphatic carbocycles. The molecular weight excluding hydrogens is 621 g/mol. The van der Waals surface area contributed by atoms with E-state index < -0.39 is 0 Å². The van der Waals surface area contributed by atoms with Crippen LogP contribution in [0.5, 0.6) is 0 Å². The zero-order chi connectivity index (χ0) is 33.6. The van der Waals surface area contributed by atoms with Gasteiger partial charge in [0, 0.05) is 35.6 Å². The minimum absolute atomic E-state index is 0.687. The predicted molar refractivity (Wildman–Crippen MR) is 213 cm³/mol. The van der Waals surface area contributed by atoms with E-state index in [-0.39, 0.29) is 0 Å². The lowest BCUT2D eigenvalue weighted by atomic mass is 9.87. The van der Waals surface area contributed by atoms with Gasteiger partial charge in [-0.2, -0.15) is 0 Å². The number of aryl methyl sites for hydroxylation is 1. The Morgan fingerprint density at radius 2 is 1.06 bits per heavy atom. The van der Waals surface area contributed by atoms with E-state index in [4.69, 9.17) is 15.0 Å². The van der Waals surface area contributed by atoms with Crippen molar-refractivity contribution in [1.82, 2.24) is 19.5 Å². The normalized spacial score (nSPS) is 12.1. The molecule has 0 atom stereocenters. The van der Waals surface area contributed by atoms with Crippen molar-refractivity contribution in [3.63, 3.8) is 0 Å². The average molecular weight is 651 g/mol. The van der Waals surface area contributed by atoms with Crippen LogP contribution in [0.3, 0.4) is 0 Å². The summed E-state index contributed by atoms with van der Waals surface area (Å²) in [7, 11) is 0. The molecule has 11 rings (SSSR count). The van der Waals surface area contributed by atoms with Crippen molar-refractivity contribution in [2.45, 2.75) is 13.3 Å². The Kier molecular flexibility index (Phi) is 5.90. The summed E-state index contributed by atoms with van der Waals surface area (Å²) in [6.45, 7) is 2.15. The molecule has 0 aliphatic heterocycles. The third-order valence-corrected chi connectivity index (χ3v) is 10.7. The van der Waals surface area contributed by atoms with E-state index in [2.05, 4.69) is 145 Å². The van der Waals surface area contributed by atoms with Crippen LogP contribution in [0.1, 0.15) is 12.7 Å². The Morgan fingerprint density at radius 3 is 1.69 bits per heavy atom. The highest BCUT2D eigenvalue weighted by atomic mass is 15.1. The van der Waals surface area contributed by atoms with Crippen LogP contribution >= 0.6 is 0 Å². The Labute approximate surface area is 293 Å². The fourth-order valence-corrected chi connectivity index (χ4v) is 8.45. The molecule has 11 aromatic rings. The molecule has 4 nitrogen and oxygen atoms in total. The second-order valence-electron chi connectivity index (χ2n) is 13.5.